The zero-order chi connectivity index (χ0) is 27.7. The third-order valence-electron chi connectivity index (χ3n) is 6.33. The molecule has 2 N–H and O–H groups in total. The summed E-state index contributed by atoms with van der Waals surface area (Å²) in [7, 11) is -2.37. The summed E-state index contributed by atoms with van der Waals surface area (Å²) in [5.74, 6) is -2.84. The van der Waals surface area contributed by atoms with Gasteiger partial charge in [-0.2, -0.15) is 0 Å². The second kappa shape index (κ2) is 10.8. The van der Waals surface area contributed by atoms with Gasteiger partial charge in [0.05, 0.1) is 4.92 Å². The van der Waals surface area contributed by atoms with E-state index in [2.05, 4.69) is 4.98 Å². The van der Waals surface area contributed by atoms with Crippen LogP contribution in [0, 0.1) is 20.9 Å². The number of nitrogens with zero attached hydrogens (tertiary/aromatic N) is 3. The smallest absolute Gasteiger partial charge is 0.329 e. The Labute approximate surface area is 216 Å². The molecule has 1 aromatic rings. The van der Waals surface area contributed by atoms with Gasteiger partial charge in [-0.15, -0.1) is 5.06 Å². The molecule has 1 atom stereocenters. The lowest BCUT2D eigenvalue weighted by Crippen LogP contribution is -2.50. The van der Waals surface area contributed by atoms with E-state index in [-0.39, 0.29) is 23.6 Å². The van der Waals surface area contributed by atoms with Crippen LogP contribution >= 0.6 is 29.2 Å². The van der Waals surface area contributed by atoms with E-state index in [1.54, 1.807) is 13.8 Å². The van der Waals surface area contributed by atoms with E-state index in [1.807, 2.05) is 13.8 Å². The lowest BCUT2D eigenvalue weighted by atomic mass is 9.62. The number of carbonyl (C=O) groups excluding carboxylic acids is 3. The summed E-state index contributed by atoms with van der Waals surface area (Å²) in [5.41, 5.74) is -4.27. The lowest BCUT2D eigenvalue weighted by molar-refractivity contribution is -0.385. The quantitative estimate of drug-likeness (QED) is 0.130. The molecule has 1 aliphatic rings. The molecule has 15 heteroatoms. The minimum atomic E-state index is -5.09. The Morgan fingerprint density at radius 1 is 1.19 bits per heavy atom. The Bertz CT molecular complexity index is 1070. The maximum absolute atomic E-state index is 13.0. The Morgan fingerprint density at radius 3 is 2.19 bits per heavy atom. The van der Waals surface area contributed by atoms with Gasteiger partial charge >= 0.3 is 13.6 Å². The van der Waals surface area contributed by atoms with Crippen molar-refractivity contribution < 1.29 is 38.5 Å². The topological polar surface area (TPSA) is 177 Å². The van der Waals surface area contributed by atoms with E-state index < -0.39 is 51.5 Å². The van der Waals surface area contributed by atoms with Crippen molar-refractivity contribution in [1.82, 2.24) is 10.0 Å². The standard InChI is InChI=1S/C21H30N3O9PS2/c1-19(2,12-20(3,4)36-35-14-8-7-13(11-22-14)24(28)29)21(5,6)17(34(30,31)32)18(27)33-23-15(25)9-10-16(23)26/h7-8,11,17H,9-10,12H2,1-6H3,(H2,30,31,32). The van der Waals surface area contributed by atoms with Crippen LogP contribution in [-0.2, 0) is 23.8 Å². The zero-order valence-electron chi connectivity index (χ0n) is 20.8. The summed E-state index contributed by atoms with van der Waals surface area (Å²) in [6, 6.07) is 2.88. The van der Waals surface area contributed by atoms with E-state index in [4.69, 9.17) is 4.84 Å². The van der Waals surface area contributed by atoms with Crippen LogP contribution in [0.3, 0.4) is 0 Å². The molecule has 36 heavy (non-hydrogen) atoms. The average molecular weight is 564 g/mol. The molecule has 0 aromatic carbocycles. The first kappa shape index (κ1) is 30.2. The molecule has 0 bridgehead atoms. The second-order valence-electron chi connectivity index (χ2n) is 10.3. The maximum Gasteiger partial charge on any atom is 0.348 e. The Hall–Kier alpha value is -1.99. The van der Waals surface area contributed by atoms with Crippen molar-refractivity contribution in [3.63, 3.8) is 0 Å². The number of aromatic nitrogens is 1. The van der Waals surface area contributed by atoms with Gasteiger partial charge in [0.15, 0.2) is 5.66 Å². The van der Waals surface area contributed by atoms with E-state index in [0.29, 0.717) is 11.4 Å². The van der Waals surface area contributed by atoms with Gasteiger partial charge in [0.25, 0.3) is 17.5 Å². The van der Waals surface area contributed by atoms with Crippen molar-refractivity contribution >= 4 is 52.7 Å². The molecule has 0 aliphatic carbocycles. The number of nitro groups is 1. The summed E-state index contributed by atoms with van der Waals surface area (Å²) in [6.45, 7) is 10.5. The largest absolute Gasteiger partial charge is 0.348 e. The minimum Gasteiger partial charge on any atom is -0.329 e. The zero-order valence-corrected chi connectivity index (χ0v) is 23.3. The van der Waals surface area contributed by atoms with Crippen LogP contribution in [0.25, 0.3) is 0 Å². The summed E-state index contributed by atoms with van der Waals surface area (Å²) >= 11 is 0. The number of imide groups is 1. The highest BCUT2D eigenvalue weighted by Gasteiger charge is 2.57. The van der Waals surface area contributed by atoms with Crippen molar-refractivity contribution in [2.24, 2.45) is 10.8 Å². The van der Waals surface area contributed by atoms with E-state index in [1.165, 1.54) is 47.6 Å². The number of amides is 2. The predicted molar refractivity (Wildman–Crippen MR) is 134 cm³/mol. The number of hydrogen-bond donors (Lipinski definition) is 2. The van der Waals surface area contributed by atoms with Gasteiger partial charge in [0.1, 0.15) is 11.2 Å². The molecule has 1 saturated heterocycles. The number of hydroxylamine groups is 2. The summed E-state index contributed by atoms with van der Waals surface area (Å²) in [5, 5.41) is 11.6. The molecular formula is C21H30N3O9PS2. The van der Waals surface area contributed by atoms with Gasteiger partial charge in [-0.05, 0) is 48.0 Å². The highest BCUT2D eigenvalue weighted by atomic mass is 33.1. The maximum atomic E-state index is 13.0. The van der Waals surface area contributed by atoms with Gasteiger partial charge in [-0.3, -0.25) is 24.3 Å². The van der Waals surface area contributed by atoms with Crippen LogP contribution in [0.2, 0.25) is 0 Å². The first-order chi connectivity index (χ1) is 16.3. The van der Waals surface area contributed by atoms with E-state index >= 15 is 0 Å². The number of hydrogen-bond acceptors (Lipinski definition) is 10. The third kappa shape index (κ3) is 7.06. The summed E-state index contributed by atoms with van der Waals surface area (Å²) in [4.78, 5) is 76.2. The van der Waals surface area contributed by atoms with Crippen molar-refractivity contribution in [3.05, 3.63) is 28.4 Å². The van der Waals surface area contributed by atoms with Gasteiger partial charge in [0.2, 0.25) is 0 Å². The van der Waals surface area contributed by atoms with Crippen molar-refractivity contribution in [2.45, 2.75) is 76.2 Å². The van der Waals surface area contributed by atoms with Crippen molar-refractivity contribution in [1.29, 1.82) is 0 Å². The molecule has 1 fully saturated rings. The molecule has 1 aromatic heterocycles. The number of carbonyl (C=O) groups is 3. The summed E-state index contributed by atoms with van der Waals surface area (Å²) in [6.07, 6.45) is 1.25. The van der Waals surface area contributed by atoms with Gasteiger partial charge in [-0.1, -0.05) is 38.5 Å². The van der Waals surface area contributed by atoms with Gasteiger partial charge in [0, 0.05) is 23.7 Å². The molecule has 0 saturated carbocycles. The molecule has 12 nitrogen and oxygen atoms in total. The van der Waals surface area contributed by atoms with Crippen molar-refractivity contribution in [2.75, 3.05) is 0 Å². The molecule has 2 amide bonds. The number of rotatable bonds is 11. The molecule has 2 heterocycles. The van der Waals surface area contributed by atoms with E-state index in [9.17, 15) is 38.8 Å². The second-order valence-corrected chi connectivity index (χ2v) is 14.9. The van der Waals surface area contributed by atoms with Crippen LogP contribution in [0.5, 0.6) is 0 Å². The SMILES string of the molecule is CC(C)(CC(C)(C)C(C)(C)C(C(=O)ON1C(=O)CCC1=O)P(=O)(O)O)SSc1ccc([N+](=O)[O-])cn1. The lowest BCUT2D eigenvalue weighted by Gasteiger charge is -2.48. The summed E-state index contributed by atoms with van der Waals surface area (Å²) < 4.78 is 12.0. The molecule has 1 unspecified atom stereocenters. The third-order valence-corrected chi connectivity index (χ3v) is 11.1. The Balaban J connectivity index is 2.21. The van der Waals surface area contributed by atoms with Gasteiger partial charge in [-0.25, -0.2) is 9.78 Å². The first-order valence-corrected chi connectivity index (χ1v) is 14.7. The highest BCUT2D eigenvalue weighted by molar-refractivity contribution is 8.77. The molecular weight excluding hydrogens is 533 g/mol. The first-order valence-electron chi connectivity index (χ1n) is 10.9. The molecule has 0 radical (unpaired) electrons. The van der Waals surface area contributed by atoms with Gasteiger partial charge < -0.3 is 14.6 Å². The monoisotopic (exact) mass is 563 g/mol. The van der Waals surface area contributed by atoms with Crippen LogP contribution in [0.4, 0.5) is 5.69 Å². The molecule has 0 spiro atoms. The van der Waals surface area contributed by atoms with E-state index in [0.717, 1.165) is 6.20 Å². The van der Waals surface area contributed by atoms with Crippen molar-refractivity contribution in [3.8, 4) is 0 Å². The average Bonchev–Trinajstić information content (AvgIpc) is 3.02. The van der Waals surface area contributed by atoms with Crippen LogP contribution in [0.15, 0.2) is 23.4 Å². The molecule has 2 rings (SSSR count). The van der Waals surface area contributed by atoms with Crippen LogP contribution in [0.1, 0.15) is 60.8 Å². The van der Waals surface area contributed by atoms with Crippen LogP contribution in [-0.4, -0.2) is 52.9 Å². The fraction of sp³-hybridized carbons (Fsp3) is 0.619. The normalized spacial score (nSPS) is 16.3. The predicted octanol–water partition coefficient (Wildman–Crippen LogP) is 4.10. The fourth-order valence-electron chi connectivity index (χ4n) is 4.03. The minimum absolute atomic E-state index is 0.126. The highest BCUT2D eigenvalue weighted by Crippen LogP contribution is 2.60. The Kier molecular flexibility index (Phi) is 9.06. The number of pyridine rings is 1. The van der Waals surface area contributed by atoms with Crippen LogP contribution < -0.4 is 0 Å². The fourth-order valence-corrected chi connectivity index (χ4v) is 7.89. The molecule has 1 aliphatic heterocycles. The Morgan fingerprint density at radius 2 is 1.75 bits per heavy atom. The molecule has 200 valence electrons.